The predicted molar refractivity (Wildman–Crippen MR) is 103 cm³/mol. The highest BCUT2D eigenvalue weighted by atomic mass is 35.5. The van der Waals surface area contributed by atoms with Gasteiger partial charge in [0.2, 0.25) is 0 Å². The van der Waals surface area contributed by atoms with Crippen molar-refractivity contribution in [3.8, 4) is 0 Å². The molecule has 4 rings (SSSR count). The molecule has 1 aromatic heterocycles. The number of hydrogen-bond acceptors (Lipinski definition) is 3. The minimum absolute atomic E-state index is 0.281. The third kappa shape index (κ3) is 3.40. The zero-order chi connectivity index (χ0) is 19.0. The number of benzene rings is 2. The minimum atomic E-state index is -0.543. The summed E-state index contributed by atoms with van der Waals surface area (Å²) in [7, 11) is 0. The molecule has 1 amide bonds. The first-order chi connectivity index (χ1) is 13.0. The summed E-state index contributed by atoms with van der Waals surface area (Å²) < 4.78 is 13.1. The molecule has 0 spiro atoms. The lowest BCUT2D eigenvalue weighted by Gasteiger charge is -2.35. The molecular formula is C20H17ClFN3O2. The van der Waals surface area contributed by atoms with Gasteiger partial charge in [-0.3, -0.25) is 9.59 Å². The molecule has 2 aromatic carbocycles. The second kappa shape index (κ2) is 7.04. The van der Waals surface area contributed by atoms with Gasteiger partial charge < -0.3 is 14.8 Å². The van der Waals surface area contributed by atoms with E-state index in [0.29, 0.717) is 42.2 Å². The molecule has 7 heteroatoms. The number of H-pyrrole nitrogens is 1. The molecular weight excluding hydrogens is 369 g/mol. The highest BCUT2D eigenvalue weighted by molar-refractivity contribution is 6.45. The number of nitrogens with zero attached hydrogens (tertiary/aromatic N) is 2. The molecule has 138 valence electrons. The van der Waals surface area contributed by atoms with Crippen molar-refractivity contribution in [1.29, 1.82) is 0 Å². The number of Topliss-reactive ketones (excluding diaryl/α,β-unsaturated/α-hetero) is 1. The van der Waals surface area contributed by atoms with Crippen LogP contribution in [0.25, 0.3) is 10.9 Å². The van der Waals surface area contributed by atoms with Crippen LogP contribution in [0.15, 0.2) is 48.7 Å². The molecule has 27 heavy (non-hydrogen) atoms. The maximum absolute atomic E-state index is 13.1. The Morgan fingerprint density at radius 2 is 1.70 bits per heavy atom. The van der Waals surface area contributed by atoms with Crippen LogP contribution in [-0.2, 0) is 4.79 Å². The maximum atomic E-state index is 13.1. The van der Waals surface area contributed by atoms with Gasteiger partial charge >= 0.3 is 0 Å². The fraction of sp³-hybridized carbons (Fsp3) is 0.200. The van der Waals surface area contributed by atoms with Crippen LogP contribution in [0.3, 0.4) is 0 Å². The number of nitrogens with one attached hydrogen (secondary N) is 1. The van der Waals surface area contributed by atoms with Gasteiger partial charge in [-0.05, 0) is 42.5 Å². The summed E-state index contributed by atoms with van der Waals surface area (Å²) in [6.45, 7) is 2.05. The highest BCUT2D eigenvalue weighted by Crippen LogP contribution is 2.24. The zero-order valence-electron chi connectivity index (χ0n) is 14.4. The Labute approximate surface area is 160 Å². The van der Waals surface area contributed by atoms with Crippen molar-refractivity contribution < 1.29 is 14.0 Å². The number of aromatic nitrogens is 1. The van der Waals surface area contributed by atoms with Crippen LogP contribution in [-0.4, -0.2) is 47.8 Å². The summed E-state index contributed by atoms with van der Waals surface area (Å²) in [6, 6.07) is 11.4. The van der Waals surface area contributed by atoms with Gasteiger partial charge in [-0.15, -0.1) is 0 Å². The molecule has 1 fully saturated rings. The van der Waals surface area contributed by atoms with Crippen molar-refractivity contribution in [1.82, 2.24) is 9.88 Å². The molecule has 1 aliphatic heterocycles. The van der Waals surface area contributed by atoms with E-state index in [1.165, 1.54) is 12.1 Å². The van der Waals surface area contributed by atoms with E-state index in [2.05, 4.69) is 9.88 Å². The summed E-state index contributed by atoms with van der Waals surface area (Å²) in [6.07, 6.45) is 1.55. The number of carbonyl (C=O) groups is 2. The molecule has 3 aromatic rings. The topological polar surface area (TPSA) is 56.4 Å². The summed E-state index contributed by atoms with van der Waals surface area (Å²) in [4.78, 5) is 32.0. The SMILES string of the molecule is O=C(C(=O)N1CCN(c2ccc(F)cc2)CC1)c1c[nH]c2ccc(Cl)cc12. The van der Waals surface area contributed by atoms with E-state index >= 15 is 0 Å². The smallest absolute Gasteiger partial charge is 0.295 e. The molecule has 1 aliphatic rings. The number of piperazine rings is 1. The monoisotopic (exact) mass is 385 g/mol. The van der Waals surface area contributed by atoms with E-state index in [1.54, 1.807) is 41.4 Å². The Morgan fingerprint density at radius 3 is 2.41 bits per heavy atom. The Morgan fingerprint density at radius 1 is 1.00 bits per heavy atom. The first-order valence-electron chi connectivity index (χ1n) is 8.64. The molecule has 0 atom stereocenters. The molecule has 1 saturated heterocycles. The summed E-state index contributed by atoms with van der Waals surface area (Å²) >= 11 is 6.02. The molecule has 1 N–H and O–H groups in total. The van der Waals surface area contributed by atoms with E-state index in [1.807, 2.05) is 0 Å². The molecule has 0 unspecified atom stereocenters. The van der Waals surface area contributed by atoms with Gasteiger partial charge in [0.25, 0.3) is 11.7 Å². The molecule has 2 heterocycles. The van der Waals surface area contributed by atoms with Crippen molar-refractivity contribution in [2.45, 2.75) is 0 Å². The van der Waals surface area contributed by atoms with Crippen LogP contribution in [0.4, 0.5) is 10.1 Å². The van der Waals surface area contributed by atoms with E-state index < -0.39 is 11.7 Å². The first kappa shape index (κ1) is 17.5. The van der Waals surface area contributed by atoms with Gasteiger partial charge in [0.05, 0.1) is 5.56 Å². The van der Waals surface area contributed by atoms with Crippen molar-refractivity contribution >= 4 is 39.9 Å². The number of rotatable bonds is 3. The summed E-state index contributed by atoms with van der Waals surface area (Å²) in [5.74, 6) is -1.34. The number of anilines is 1. The van der Waals surface area contributed by atoms with Gasteiger partial charge in [-0.1, -0.05) is 11.6 Å². The Kier molecular flexibility index (Phi) is 4.58. The number of ketones is 1. The van der Waals surface area contributed by atoms with Gasteiger partial charge in [-0.25, -0.2) is 4.39 Å². The van der Waals surface area contributed by atoms with Crippen LogP contribution in [0.2, 0.25) is 5.02 Å². The van der Waals surface area contributed by atoms with Crippen molar-refractivity contribution in [2.24, 2.45) is 0 Å². The first-order valence-corrected chi connectivity index (χ1v) is 9.01. The average molecular weight is 386 g/mol. The number of aromatic amines is 1. The van der Waals surface area contributed by atoms with Gasteiger partial charge in [0.15, 0.2) is 0 Å². The van der Waals surface area contributed by atoms with Gasteiger partial charge in [-0.2, -0.15) is 0 Å². The van der Waals surface area contributed by atoms with Crippen LogP contribution in [0.1, 0.15) is 10.4 Å². The largest absolute Gasteiger partial charge is 0.368 e. The third-order valence-corrected chi connectivity index (χ3v) is 5.08. The number of hydrogen-bond donors (Lipinski definition) is 1. The molecule has 0 aliphatic carbocycles. The van der Waals surface area contributed by atoms with E-state index in [0.717, 1.165) is 11.2 Å². The molecule has 5 nitrogen and oxygen atoms in total. The van der Waals surface area contributed by atoms with Gasteiger partial charge in [0.1, 0.15) is 5.82 Å². The van der Waals surface area contributed by atoms with Crippen molar-refractivity contribution in [3.63, 3.8) is 0 Å². The third-order valence-electron chi connectivity index (χ3n) is 4.84. The normalized spacial score (nSPS) is 14.6. The lowest BCUT2D eigenvalue weighted by Crippen LogP contribution is -2.50. The van der Waals surface area contributed by atoms with E-state index in [-0.39, 0.29) is 5.82 Å². The summed E-state index contributed by atoms with van der Waals surface area (Å²) in [5, 5.41) is 1.15. The standard InChI is InChI=1S/C20H17ClFN3O2/c21-13-1-6-18-16(11-13)17(12-23-18)19(26)20(27)25-9-7-24(8-10-25)15-4-2-14(22)3-5-15/h1-6,11-12,23H,7-10H2. The Balaban J connectivity index is 1.46. The molecule has 0 bridgehead atoms. The van der Waals surface area contributed by atoms with Crippen LogP contribution < -0.4 is 4.90 Å². The van der Waals surface area contributed by atoms with E-state index in [9.17, 15) is 14.0 Å². The Hall–Kier alpha value is -2.86. The number of halogens is 2. The summed E-state index contributed by atoms with van der Waals surface area (Å²) in [5.41, 5.74) is 2.00. The lowest BCUT2D eigenvalue weighted by atomic mass is 10.1. The van der Waals surface area contributed by atoms with Crippen LogP contribution in [0.5, 0.6) is 0 Å². The van der Waals surface area contributed by atoms with E-state index in [4.69, 9.17) is 11.6 Å². The highest BCUT2D eigenvalue weighted by Gasteiger charge is 2.28. The van der Waals surface area contributed by atoms with Crippen molar-refractivity contribution in [2.75, 3.05) is 31.1 Å². The fourth-order valence-electron chi connectivity index (χ4n) is 3.36. The maximum Gasteiger partial charge on any atom is 0.295 e. The average Bonchev–Trinajstić information content (AvgIpc) is 3.10. The Bertz CT molecular complexity index is 1010. The number of carbonyl (C=O) groups excluding carboxylic acids is 2. The molecule has 0 radical (unpaired) electrons. The lowest BCUT2D eigenvalue weighted by molar-refractivity contribution is -0.126. The quantitative estimate of drug-likeness (QED) is 0.554. The predicted octanol–water partition coefficient (Wildman–Crippen LogP) is 3.49. The van der Waals surface area contributed by atoms with Gasteiger partial charge in [0, 0.05) is 54.0 Å². The second-order valence-corrected chi connectivity index (χ2v) is 6.91. The number of amides is 1. The van der Waals surface area contributed by atoms with Crippen molar-refractivity contribution in [3.05, 3.63) is 65.1 Å². The fourth-order valence-corrected chi connectivity index (χ4v) is 3.53. The second-order valence-electron chi connectivity index (χ2n) is 6.48. The minimum Gasteiger partial charge on any atom is -0.368 e. The number of fused-ring (bicyclic) bond motifs is 1. The molecule has 0 saturated carbocycles. The zero-order valence-corrected chi connectivity index (χ0v) is 15.2. The van der Waals surface area contributed by atoms with Crippen LogP contribution in [0, 0.1) is 5.82 Å². The van der Waals surface area contributed by atoms with Crippen LogP contribution >= 0.6 is 11.6 Å².